The standard InChI is InChI=1S/C23H24N4O2S/c1-15-7-5-8-18(11-15)22-24-25-23(26(22)4)30-14-21(28)20-12-16(2)27(17(20)3)13-19-9-6-10-29-19/h5-12H,13-14H2,1-4H3. The fourth-order valence-electron chi connectivity index (χ4n) is 3.57. The van der Waals surface area contributed by atoms with Gasteiger partial charge in [-0.15, -0.1) is 10.2 Å². The summed E-state index contributed by atoms with van der Waals surface area (Å²) in [5.74, 6) is 2.06. The summed E-state index contributed by atoms with van der Waals surface area (Å²) < 4.78 is 9.50. The SMILES string of the molecule is Cc1cccc(-c2nnc(SCC(=O)c3cc(C)n(Cc4ccco4)c3C)n2C)c1. The van der Waals surface area contributed by atoms with Gasteiger partial charge < -0.3 is 13.6 Å². The quantitative estimate of drug-likeness (QED) is 0.317. The fraction of sp³-hybridized carbons (Fsp3) is 0.261. The number of rotatable bonds is 7. The highest BCUT2D eigenvalue weighted by molar-refractivity contribution is 7.99. The molecule has 0 unspecified atom stereocenters. The maximum Gasteiger partial charge on any atom is 0.191 e. The van der Waals surface area contributed by atoms with Crippen LogP contribution in [0.25, 0.3) is 11.4 Å². The monoisotopic (exact) mass is 420 g/mol. The van der Waals surface area contributed by atoms with Crippen molar-refractivity contribution in [3.8, 4) is 11.4 Å². The molecular formula is C23H24N4O2S. The Balaban J connectivity index is 1.48. The van der Waals surface area contributed by atoms with Crippen molar-refractivity contribution in [2.45, 2.75) is 32.5 Å². The molecule has 6 nitrogen and oxygen atoms in total. The van der Waals surface area contributed by atoms with E-state index in [4.69, 9.17) is 4.42 Å². The lowest BCUT2D eigenvalue weighted by molar-refractivity contribution is 0.102. The van der Waals surface area contributed by atoms with Crippen molar-refractivity contribution in [3.05, 3.63) is 77.0 Å². The molecule has 0 saturated heterocycles. The van der Waals surface area contributed by atoms with E-state index in [1.807, 2.05) is 55.8 Å². The topological polar surface area (TPSA) is 65.8 Å². The molecule has 0 aliphatic carbocycles. The van der Waals surface area contributed by atoms with E-state index in [-0.39, 0.29) is 5.78 Å². The van der Waals surface area contributed by atoms with Gasteiger partial charge in [-0.05, 0) is 45.0 Å². The second kappa shape index (κ2) is 8.36. The first-order chi connectivity index (χ1) is 14.4. The Bertz CT molecular complexity index is 1190. The molecule has 3 aromatic heterocycles. The van der Waals surface area contributed by atoms with Crippen molar-refractivity contribution >= 4 is 17.5 Å². The summed E-state index contributed by atoms with van der Waals surface area (Å²) in [4.78, 5) is 12.9. The van der Waals surface area contributed by atoms with Crippen LogP contribution < -0.4 is 0 Å². The number of hydrogen-bond acceptors (Lipinski definition) is 5. The number of benzene rings is 1. The van der Waals surface area contributed by atoms with Crippen LogP contribution in [0.3, 0.4) is 0 Å². The van der Waals surface area contributed by atoms with Crippen molar-refractivity contribution in [2.75, 3.05) is 5.75 Å². The molecule has 7 heteroatoms. The highest BCUT2D eigenvalue weighted by Gasteiger charge is 2.18. The van der Waals surface area contributed by atoms with E-state index in [0.717, 1.165) is 39.3 Å². The number of carbonyl (C=O) groups excluding carboxylic acids is 1. The minimum atomic E-state index is 0.0823. The Labute approximate surface area is 179 Å². The van der Waals surface area contributed by atoms with Crippen LogP contribution in [0.2, 0.25) is 0 Å². The Morgan fingerprint density at radius 3 is 2.67 bits per heavy atom. The lowest BCUT2D eigenvalue weighted by Crippen LogP contribution is -2.08. The third kappa shape index (κ3) is 3.98. The number of furan rings is 1. The molecule has 0 bridgehead atoms. The van der Waals surface area contributed by atoms with Crippen LogP contribution in [0, 0.1) is 20.8 Å². The zero-order chi connectivity index (χ0) is 21.3. The summed E-state index contributed by atoms with van der Waals surface area (Å²) in [7, 11) is 1.93. The molecule has 0 saturated carbocycles. The van der Waals surface area contributed by atoms with Gasteiger partial charge in [0.15, 0.2) is 16.8 Å². The van der Waals surface area contributed by atoms with E-state index in [1.54, 1.807) is 6.26 Å². The molecule has 0 fully saturated rings. The predicted octanol–water partition coefficient (Wildman–Crippen LogP) is 4.83. The van der Waals surface area contributed by atoms with E-state index in [0.29, 0.717) is 12.3 Å². The second-order valence-corrected chi connectivity index (χ2v) is 8.34. The highest BCUT2D eigenvalue weighted by atomic mass is 32.2. The van der Waals surface area contributed by atoms with E-state index >= 15 is 0 Å². The summed E-state index contributed by atoms with van der Waals surface area (Å²) in [6.45, 7) is 6.66. The van der Waals surface area contributed by atoms with E-state index in [1.165, 1.54) is 17.3 Å². The number of aryl methyl sites for hydroxylation is 2. The summed E-state index contributed by atoms with van der Waals surface area (Å²) in [5, 5.41) is 9.34. The highest BCUT2D eigenvalue weighted by Crippen LogP contribution is 2.25. The molecule has 30 heavy (non-hydrogen) atoms. The molecule has 0 atom stereocenters. The first-order valence-electron chi connectivity index (χ1n) is 9.75. The molecule has 0 spiro atoms. The normalized spacial score (nSPS) is 11.2. The van der Waals surface area contributed by atoms with Crippen LogP contribution >= 0.6 is 11.8 Å². The van der Waals surface area contributed by atoms with Gasteiger partial charge in [-0.1, -0.05) is 35.5 Å². The van der Waals surface area contributed by atoms with Crippen molar-refractivity contribution in [1.29, 1.82) is 0 Å². The largest absolute Gasteiger partial charge is 0.467 e. The van der Waals surface area contributed by atoms with Crippen molar-refractivity contribution in [2.24, 2.45) is 7.05 Å². The first-order valence-corrected chi connectivity index (χ1v) is 10.7. The molecule has 154 valence electrons. The Morgan fingerprint density at radius 2 is 1.93 bits per heavy atom. The molecule has 0 aliphatic rings. The minimum absolute atomic E-state index is 0.0823. The molecule has 0 radical (unpaired) electrons. The van der Waals surface area contributed by atoms with Gasteiger partial charge in [-0.2, -0.15) is 0 Å². The van der Waals surface area contributed by atoms with Gasteiger partial charge in [-0.25, -0.2) is 0 Å². The molecule has 0 N–H and O–H groups in total. The maximum absolute atomic E-state index is 12.9. The van der Waals surface area contributed by atoms with E-state index in [9.17, 15) is 4.79 Å². The van der Waals surface area contributed by atoms with Gasteiger partial charge in [0.05, 0.1) is 18.6 Å². The van der Waals surface area contributed by atoms with Crippen molar-refractivity contribution < 1.29 is 9.21 Å². The summed E-state index contributed by atoms with van der Waals surface area (Å²) in [5.41, 5.74) is 4.92. The smallest absolute Gasteiger partial charge is 0.191 e. The molecule has 3 heterocycles. The zero-order valence-electron chi connectivity index (χ0n) is 17.5. The van der Waals surface area contributed by atoms with Gasteiger partial charge >= 0.3 is 0 Å². The third-order valence-corrected chi connectivity index (χ3v) is 6.23. The van der Waals surface area contributed by atoms with E-state index in [2.05, 4.69) is 33.8 Å². The van der Waals surface area contributed by atoms with Crippen LogP contribution in [0.4, 0.5) is 0 Å². The van der Waals surface area contributed by atoms with E-state index < -0.39 is 0 Å². The van der Waals surface area contributed by atoms with Crippen molar-refractivity contribution in [3.63, 3.8) is 0 Å². The lowest BCUT2D eigenvalue weighted by atomic mass is 10.1. The average molecular weight is 421 g/mol. The molecule has 4 aromatic rings. The molecule has 0 aliphatic heterocycles. The third-order valence-electron chi connectivity index (χ3n) is 5.21. The summed E-state index contributed by atoms with van der Waals surface area (Å²) in [6, 6.07) is 13.9. The number of nitrogens with zero attached hydrogens (tertiary/aromatic N) is 4. The average Bonchev–Trinajstić information content (AvgIpc) is 3.43. The van der Waals surface area contributed by atoms with Crippen LogP contribution in [0.15, 0.2) is 58.3 Å². The van der Waals surface area contributed by atoms with Crippen LogP contribution in [-0.2, 0) is 13.6 Å². The van der Waals surface area contributed by atoms with Crippen LogP contribution in [0.1, 0.15) is 33.1 Å². The number of hydrogen-bond donors (Lipinski definition) is 0. The minimum Gasteiger partial charge on any atom is -0.467 e. The fourth-order valence-corrected chi connectivity index (χ4v) is 4.36. The molecule has 4 rings (SSSR count). The molecule has 0 amide bonds. The number of thioether (sulfide) groups is 1. The van der Waals surface area contributed by atoms with Crippen LogP contribution in [0.5, 0.6) is 0 Å². The van der Waals surface area contributed by atoms with Crippen molar-refractivity contribution in [1.82, 2.24) is 19.3 Å². The number of aromatic nitrogens is 4. The molecular weight excluding hydrogens is 396 g/mol. The first kappa shape index (κ1) is 20.2. The van der Waals surface area contributed by atoms with Gasteiger partial charge in [0, 0.05) is 29.6 Å². The number of carbonyl (C=O) groups is 1. The lowest BCUT2D eigenvalue weighted by Gasteiger charge is -2.08. The van der Waals surface area contributed by atoms with Gasteiger partial charge in [0.2, 0.25) is 0 Å². The van der Waals surface area contributed by atoms with Gasteiger partial charge in [-0.3, -0.25) is 4.79 Å². The maximum atomic E-state index is 12.9. The molecule has 1 aromatic carbocycles. The predicted molar refractivity (Wildman–Crippen MR) is 118 cm³/mol. The van der Waals surface area contributed by atoms with Gasteiger partial charge in [0.1, 0.15) is 5.76 Å². The summed E-state index contributed by atoms with van der Waals surface area (Å²) >= 11 is 1.41. The number of Topliss-reactive ketones (excluding diaryl/α,β-unsaturated/α-hetero) is 1. The Kier molecular flexibility index (Phi) is 5.63. The van der Waals surface area contributed by atoms with Crippen LogP contribution in [-0.4, -0.2) is 30.9 Å². The zero-order valence-corrected chi connectivity index (χ0v) is 18.4. The Hall–Kier alpha value is -3.06. The van der Waals surface area contributed by atoms with Gasteiger partial charge in [0.25, 0.3) is 0 Å². The summed E-state index contributed by atoms with van der Waals surface area (Å²) in [6.07, 6.45) is 1.66. The second-order valence-electron chi connectivity index (χ2n) is 7.40. The Morgan fingerprint density at radius 1 is 1.10 bits per heavy atom. The number of ketones is 1.